The van der Waals surface area contributed by atoms with Gasteiger partial charge in [0, 0.05) is 5.02 Å². The molecule has 14 heavy (non-hydrogen) atoms. The van der Waals surface area contributed by atoms with Crippen molar-refractivity contribution in [2.24, 2.45) is 0 Å². The molecule has 0 fully saturated rings. The van der Waals surface area contributed by atoms with Gasteiger partial charge >= 0.3 is 0 Å². The first kappa shape index (κ1) is 10.1. The second-order valence-corrected chi connectivity index (χ2v) is 4.72. The lowest BCUT2D eigenvalue weighted by Crippen LogP contribution is -1.97. The van der Waals surface area contributed by atoms with Gasteiger partial charge in [-0.2, -0.15) is 0 Å². The molecule has 0 aliphatic heterocycles. The molecule has 2 nitrogen and oxygen atoms in total. The average molecular weight is 291 g/mol. The number of alkyl halides is 1. The highest BCUT2D eigenvalue weighted by Gasteiger charge is 2.10. The van der Waals surface area contributed by atoms with Crippen LogP contribution in [0.1, 0.15) is 9.80 Å². The van der Waals surface area contributed by atoms with Crippen LogP contribution in [0.15, 0.2) is 18.2 Å². The summed E-state index contributed by atoms with van der Waals surface area (Å²) in [5.74, 6) is 0.00215. The molecule has 0 aliphatic rings. The molecule has 0 radical (unpaired) electrons. The van der Waals surface area contributed by atoms with E-state index >= 15 is 0 Å². The van der Waals surface area contributed by atoms with Crippen LogP contribution in [0.2, 0.25) is 5.02 Å². The number of Topliss-reactive ketones (excluding diaryl/α,β-unsaturated/α-hetero) is 1. The highest BCUT2D eigenvalue weighted by molar-refractivity contribution is 9.09. The zero-order chi connectivity index (χ0) is 10.1. The summed E-state index contributed by atoms with van der Waals surface area (Å²) < 4.78 is 0.946. The van der Waals surface area contributed by atoms with Gasteiger partial charge in [-0.1, -0.05) is 27.5 Å². The van der Waals surface area contributed by atoms with Crippen molar-refractivity contribution in [2.75, 3.05) is 5.33 Å². The van der Waals surface area contributed by atoms with Crippen LogP contribution in [0, 0.1) is 0 Å². The molecular weight excluding hydrogens is 286 g/mol. The summed E-state index contributed by atoms with van der Waals surface area (Å²) in [6.07, 6.45) is 0. The number of thiazole rings is 1. The summed E-state index contributed by atoms with van der Waals surface area (Å²) in [5, 5.41) is 1.50. The highest BCUT2D eigenvalue weighted by Crippen LogP contribution is 2.25. The summed E-state index contributed by atoms with van der Waals surface area (Å²) in [4.78, 5) is 15.5. The molecule has 0 spiro atoms. The Morgan fingerprint density at radius 3 is 3.07 bits per heavy atom. The van der Waals surface area contributed by atoms with Gasteiger partial charge in [-0.15, -0.1) is 11.3 Å². The Morgan fingerprint density at radius 1 is 1.57 bits per heavy atom. The number of nitrogens with zero attached hydrogens (tertiary/aromatic N) is 1. The summed E-state index contributed by atoms with van der Waals surface area (Å²) in [5.41, 5.74) is 0.823. The van der Waals surface area contributed by atoms with E-state index in [1.54, 1.807) is 6.07 Å². The van der Waals surface area contributed by atoms with Gasteiger partial charge in [0.15, 0.2) is 5.01 Å². The van der Waals surface area contributed by atoms with E-state index in [0.717, 1.165) is 10.2 Å². The molecule has 2 aromatic rings. The number of ketones is 1. The molecule has 0 saturated carbocycles. The fraction of sp³-hybridized carbons (Fsp3) is 0.111. The monoisotopic (exact) mass is 289 g/mol. The van der Waals surface area contributed by atoms with Gasteiger partial charge in [0.1, 0.15) is 0 Å². The standard InChI is InChI=1S/C9H5BrClNOS/c10-4-7(13)9-12-6-2-1-5(11)3-8(6)14-9/h1-3H,4H2. The number of carbonyl (C=O) groups is 1. The molecular formula is C9H5BrClNOS. The quantitative estimate of drug-likeness (QED) is 0.625. The van der Waals surface area contributed by atoms with E-state index in [0.29, 0.717) is 15.4 Å². The molecule has 72 valence electrons. The summed E-state index contributed by atoms with van der Waals surface area (Å²) in [6.45, 7) is 0. The van der Waals surface area contributed by atoms with Gasteiger partial charge in [-0.05, 0) is 18.2 Å². The van der Waals surface area contributed by atoms with Crippen molar-refractivity contribution in [3.05, 3.63) is 28.2 Å². The van der Waals surface area contributed by atoms with E-state index in [4.69, 9.17) is 11.6 Å². The Balaban J connectivity index is 2.56. The molecule has 1 aromatic carbocycles. The largest absolute Gasteiger partial charge is 0.291 e. The first-order chi connectivity index (χ1) is 6.70. The van der Waals surface area contributed by atoms with Crippen molar-refractivity contribution >= 4 is 54.9 Å². The third kappa shape index (κ3) is 1.82. The van der Waals surface area contributed by atoms with Crippen LogP contribution < -0.4 is 0 Å². The molecule has 0 unspecified atom stereocenters. The van der Waals surface area contributed by atoms with Crippen molar-refractivity contribution in [1.82, 2.24) is 4.98 Å². The molecule has 0 aliphatic carbocycles. The maximum absolute atomic E-state index is 11.3. The molecule has 2 rings (SSSR count). The van der Waals surface area contributed by atoms with Crippen LogP contribution in [0.3, 0.4) is 0 Å². The number of aromatic nitrogens is 1. The molecule has 0 bridgehead atoms. The fourth-order valence-corrected chi connectivity index (χ4v) is 2.71. The van der Waals surface area contributed by atoms with E-state index in [9.17, 15) is 4.79 Å². The Bertz CT molecular complexity index is 497. The van der Waals surface area contributed by atoms with Gasteiger partial charge in [0.05, 0.1) is 15.5 Å². The zero-order valence-corrected chi connectivity index (χ0v) is 10.1. The Hall–Kier alpha value is -0.450. The van der Waals surface area contributed by atoms with E-state index in [-0.39, 0.29) is 5.78 Å². The van der Waals surface area contributed by atoms with Gasteiger partial charge in [-0.25, -0.2) is 4.98 Å². The predicted octanol–water partition coefficient (Wildman–Crippen LogP) is 3.53. The van der Waals surface area contributed by atoms with Crippen LogP contribution >= 0.6 is 38.9 Å². The third-order valence-corrected chi connectivity index (χ3v) is 3.51. The highest BCUT2D eigenvalue weighted by atomic mass is 79.9. The van der Waals surface area contributed by atoms with Gasteiger partial charge in [0.2, 0.25) is 5.78 Å². The lowest BCUT2D eigenvalue weighted by molar-refractivity contribution is 0.102. The average Bonchev–Trinajstić information content (AvgIpc) is 2.59. The van der Waals surface area contributed by atoms with Crippen LogP contribution in [0.5, 0.6) is 0 Å². The Morgan fingerprint density at radius 2 is 2.36 bits per heavy atom. The molecule has 1 heterocycles. The van der Waals surface area contributed by atoms with E-state index < -0.39 is 0 Å². The second kappa shape index (κ2) is 3.96. The molecule has 5 heteroatoms. The predicted molar refractivity (Wildman–Crippen MR) is 62.8 cm³/mol. The Kier molecular flexibility index (Phi) is 2.85. The summed E-state index contributed by atoms with van der Waals surface area (Å²) >= 11 is 10.3. The fourth-order valence-electron chi connectivity index (χ4n) is 1.07. The molecule has 0 N–H and O–H groups in total. The molecule has 0 saturated heterocycles. The molecule has 1 aromatic heterocycles. The van der Waals surface area contributed by atoms with E-state index in [1.165, 1.54) is 11.3 Å². The van der Waals surface area contributed by atoms with Crippen molar-refractivity contribution < 1.29 is 4.79 Å². The minimum absolute atomic E-state index is 0.00215. The van der Waals surface area contributed by atoms with Crippen molar-refractivity contribution in [3.8, 4) is 0 Å². The number of halogens is 2. The molecule has 0 atom stereocenters. The van der Waals surface area contributed by atoms with Crippen molar-refractivity contribution in [3.63, 3.8) is 0 Å². The van der Waals surface area contributed by atoms with Crippen LogP contribution in [-0.2, 0) is 0 Å². The minimum Gasteiger partial charge on any atom is -0.291 e. The number of benzene rings is 1. The van der Waals surface area contributed by atoms with Gasteiger partial charge in [-0.3, -0.25) is 4.79 Å². The third-order valence-electron chi connectivity index (χ3n) is 1.71. The Labute approximate surface area is 98.0 Å². The van der Waals surface area contributed by atoms with E-state index in [1.807, 2.05) is 12.1 Å². The summed E-state index contributed by atoms with van der Waals surface area (Å²) in [7, 11) is 0. The maximum Gasteiger partial charge on any atom is 0.201 e. The lowest BCUT2D eigenvalue weighted by atomic mass is 10.3. The normalized spacial score (nSPS) is 10.7. The topological polar surface area (TPSA) is 30.0 Å². The molecule has 0 amide bonds. The number of hydrogen-bond acceptors (Lipinski definition) is 3. The number of hydrogen-bond donors (Lipinski definition) is 0. The van der Waals surface area contributed by atoms with Crippen LogP contribution in [-0.4, -0.2) is 16.1 Å². The SMILES string of the molecule is O=C(CBr)c1nc2ccc(Cl)cc2s1. The minimum atomic E-state index is 0.00215. The number of carbonyl (C=O) groups excluding carboxylic acids is 1. The van der Waals surface area contributed by atoms with Crippen LogP contribution in [0.4, 0.5) is 0 Å². The smallest absolute Gasteiger partial charge is 0.201 e. The van der Waals surface area contributed by atoms with Gasteiger partial charge in [0.25, 0.3) is 0 Å². The number of rotatable bonds is 2. The van der Waals surface area contributed by atoms with Gasteiger partial charge < -0.3 is 0 Å². The summed E-state index contributed by atoms with van der Waals surface area (Å²) in [6, 6.07) is 5.41. The second-order valence-electron chi connectivity index (χ2n) is 2.69. The first-order valence-corrected chi connectivity index (χ1v) is 6.17. The number of fused-ring (bicyclic) bond motifs is 1. The van der Waals surface area contributed by atoms with Crippen molar-refractivity contribution in [1.29, 1.82) is 0 Å². The van der Waals surface area contributed by atoms with Crippen molar-refractivity contribution in [2.45, 2.75) is 0 Å². The van der Waals surface area contributed by atoms with E-state index in [2.05, 4.69) is 20.9 Å². The zero-order valence-electron chi connectivity index (χ0n) is 6.96. The van der Waals surface area contributed by atoms with Crippen LogP contribution in [0.25, 0.3) is 10.2 Å². The maximum atomic E-state index is 11.3. The lowest BCUT2D eigenvalue weighted by Gasteiger charge is -1.86. The first-order valence-electron chi connectivity index (χ1n) is 3.86.